The van der Waals surface area contributed by atoms with Gasteiger partial charge in [-0.3, -0.25) is 0 Å². The van der Waals surface area contributed by atoms with Gasteiger partial charge in [-0.15, -0.1) is 0 Å². The average molecular weight is 263 g/mol. The lowest BCUT2D eigenvalue weighted by Crippen LogP contribution is -2.21. The van der Waals surface area contributed by atoms with Crippen LogP contribution in [0.1, 0.15) is 45.6 Å². The van der Waals surface area contributed by atoms with Gasteiger partial charge in [0.1, 0.15) is 11.8 Å². The van der Waals surface area contributed by atoms with E-state index in [1.54, 1.807) is 6.33 Å². The molecule has 2 aromatic heterocycles. The summed E-state index contributed by atoms with van der Waals surface area (Å²) in [6.45, 7) is 4.12. The Balaban J connectivity index is 2.17. The molecule has 2 atom stereocenters. The standard InChI is InChI=1S/C13H21N5O/c1-3-4-5-6-10(19)9(2)18-8-17-11-12(14)15-7-16-13(11)18/h7-10,19H,3-6H2,1-2H3,(H2,14,15,16). The van der Waals surface area contributed by atoms with Crippen molar-refractivity contribution in [3.8, 4) is 0 Å². The predicted molar refractivity (Wildman–Crippen MR) is 74.6 cm³/mol. The Kier molecular flexibility index (Phi) is 4.31. The van der Waals surface area contributed by atoms with Crippen molar-refractivity contribution in [2.75, 3.05) is 5.73 Å². The minimum absolute atomic E-state index is 0.0730. The van der Waals surface area contributed by atoms with E-state index in [1.165, 1.54) is 6.33 Å². The third-order valence-corrected chi connectivity index (χ3v) is 3.49. The molecule has 0 saturated carbocycles. The zero-order chi connectivity index (χ0) is 13.8. The molecule has 0 radical (unpaired) electrons. The molecular formula is C13H21N5O. The lowest BCUT2D eigenvalue weighted by atomic mass is 10.1. The first-order chi connectivity index (χ1) is 9.15. The Morgan fingerprint density at radius 1 is 1.32 bits per heavy atom. The summed E-state index contributed by atoms with van der Waals surface area (Å²) in [5, 5.41) is 10.2. The topological polar surface area (TPSA) is 89.8 Å². The summed E-state index contributed by atoms with van der Waals surface area (Å²) in [6, 6.07) is -0.0730. The highest BCUT2D eigenvalue weighted by molar-refractivity contribution is 5.81. The van der Waals surface area contributed by atoms with Crippen LogP contribution in [0.3, 0.4) is 0 Å². The molecule has 6 heteroatoms. The van der Waals surface area contributed by atoms with E-state index < -0.39 is 6.10 Å². The summed E-state index contributed by atoms with van der Waals surface area (Å²) < 4.78 is 1.87. The van der Waals surface area contributed by atoms with Crippen LogP contribution < -0.4 is 5.73 Å². The smallest absolute Gasteiger partial charge is 0.165 e. The molecule has 2 unspecified atom stereocenters. The normalized spacial score (nSPS) is 14.7. The molecule has 6 nitrogen and oxygen atoms in total. The molecule has 19 heavy (non-hydrogen) atoms. The maximum atomic E-state index is 10.2. The lowest BCUT2D eigenvalue weighted by Gasteiger charge is -2.20. The Bertz CT molecular complexity index is 539. The van der Waals surface area contributed by atoms with Crippen LogP contribution in [0.25, 0.3) is 11.2 Å². The van der Waals surface area contributed by atoms with E-state index in [1.807, 2.05) is 11.5 Å². The number of aliphatic hydroxyl groups excluding tert-OH is 1. The molecule has 2 aromatic rings. The highest BCUT2D eigenvalue weighted by Gasteiger charge is 2.19. The van der Waals surface area contributed by atoms with Crippen LogP contribution in [0, 0.1) is 0 Å². The Morgan fingerprint density at radius 3 is 2.84 bits per heavy atom. The molecule has 0 fully saturated rings. The van der Waals surface area contributed by atoms with E-state index >= 15 is 0 Å². The van der Waals surface area contributed by atoms with E-state index in [2.05, 4.69) is 21.9 Å². The van der Waals surface area contributed by atoms with E-state index in [0.717, 1.165) is 25.7 Å². The van der Waals surface area contributed by atoms with Crippen LogP contribution in [0.2, 0.25) is 0 Å². The van der Waals surface area contributed by atoms with Gasteiger partial charge in [-0.25, -0.2) is 15.0 Å². The molecule has 0 aliphatic rings. The fourth-order valence-corrected chi connectivity index (χ4v) is 2.20. The van der Waals surface area contributed by atoms with Crippen molar-refractivity contribution in [1.82, 2.24) is 19.5 Å². The maximum Gasteiger partial charge on any atom is 0.165 e. The van der Waals surface area contributed by atoms with Gasteiger partial charge in [0.2, 0.25) is 0 Å². The fraction of sp³-hybridized carbons (Fsp3) is 0.615. The van der Waals surface area contributed by atoms with Gasteiger partial charge in [-0.1, -0.05) is 26.2 Å². The number of hydrogen-bond acceptors (Lipinski definition) is 5. The Hall–Kier alpha value is -1.69. The highest BCUT2D eigenvalue weighted by Crippen LogP contribution is 2.22. The first-order valence-electron chi connectivity index (χ1n) is 6.76. The molecule has 104 valence electrons. The SMILES string of the molecule is CCCCCC(O)C(C)n1cnc2c(N)ncnc21. The third-order valence-electron chi connectivity index (χ3n) is 3.49. The largest absolute Gasteiger partial charge is 0.391 e. The predicted octanol–water partition coefficient (Wildman–Crippen LogP) is 1.91. The first kappa shape index (κ1) is 13.7. The number of rotatable bonds is 6. The summed E-state index contributed by atoms with van der Waals surface area (Å²) in [7, 11) is 0. The number of anilines is 1. The molecular weight excluding hydrogens is 242 g/mol. The number of hydrogen-bond donors (Lipinski definition) is 2. The van der Waals surface area contributed by atoms with Gasteiger partial charge < -0.3 is 15.4 Å². The number of nitrogen functional groups attached to an aromatic ring is 1. The quantitative estimate of drug-likeness (QED) is 0.777. The van der Waals surface area contributed by atoms with Crippen LogP contribution in [0.5, 0.6) is 0 Å². The second-order valence-electron chi connectivity index (χ2n) is 4.89. The van der Waals surface area contributed by atoms with Crippen molar-refractivity contribution in [3.05, 3.63) is 12.7 Å². The Morgan fingerprint density at radius 2 is 2.11 bits per heavy atom. The highest BCUT2D eigenvalue weighted by atomic mass is 16.3. The van der Waals surface area contributed by atoms with Crippen molar-refractivity contribution in [3.63, 3.8) is 0 Å². The molecule has 2 rings (SSSR count). The molecule has 2 heterocycles. The molecule has 3 N–H and O–H groups in total. The van der Waals surface area contributed by atoms with Crippen molar-refractivity contribution in [2.24, 2.45) is 0 Å². The molecule has 0 aliphatic heterocycles. The third kappa shape index (κ3) is 2.84. The van der Waals surface area contributed by atoms with Crippen molar-refractivity contribution < 1.29 is 5.11 Å². The minimum atomic E-state index is -0.403. The number of unbranched alkanes of at least 4 members (excludes halogenated alkanes) is 2. The monoisotopic (exact) mass is 263 g/mol. The van der Waals surface area contributed by atoms with E-state index in [0.29, 0.717) is 17.0 Å². The van der Waals surface area contributed by atoms with Gasteiger partial charge in [0.05, 0.1) is 18.5 Å². The maximum absolute atomic E-state index is 10.2. The van der Waals surface area contributed by atoms with Crippen LogP contribution in [-0.2, 0) is 0 Å². The van der Waals surface area contributed by atoms with E-state index in [9.17, 15) is 5.11 Å². The summed E-state index contributed by atoms with van der Waals surface area (Å²) in [6.07, 6.45) is 6.80. The minimum Gasteiger partial charge on any atom is -0.391 e. The zero-order valence-corrected chi connectivity index (χ0v) is 11.5. The summed E-state index contributed by atoms with van der Waals surface area (Å²) in [4.78, 5) is 12.3. The van der Waals surface area contributed by atoms with E-state index in [-0.39, 0.29) is 6.04 Å². The number of imidazole rings is 1. The number of nitrogens with two attached hydrogens (primary N) is 1. The molecule has 0 spiro atoms. The van der Waals surface area contributed by atoms with Crippen LogP contribution in [0.15, 0.2) is 12.7 Å². The lowest BCUT2D eigenvalue weighted by molar-refractivity contribution is 0.110. The average Bonchev–Trinajstić information content (AvgIpc) is 2.83. The summed E-state index contributed by atoms with van der Waals surface area (Å²) in [5.41, 5.74) is 7.02. The zero-order valence-electron chi connectivity index (χ0n) is 11.5. The van der Waals surface area contributed by atoms with Crippen molar-refractivity contribution in [1.29, 1.82) is 0 Å². The van der Waals surface area contributed by atoms with Crippen LogP contribution in [0.4, 0.5) is 5.82 Å². The summed E-state index contributed by atoms with van der Waals surface area (Å²) in [5.74, 6) is 0.372. The first-order valence-corrected chi connectivity index (χ1v) is 6.76. The van der Waals surface area contributed by atoms with Gasteiger partial charge in [-0.2, -0.15) is 0 Å². The summed E-state index contributed by atoms with van der Waals surface area (Å²) >= 11 is 0. The molecule has 0 bridgehead atoms. The number of nitrogens with zero attached hydrogens (tertiary/aromatic N) is 4. The van der Waals surface area contributed by atoms with Gasteiger partial charge in [0.15, 0.2) is 11.5 Å². The van der Waals surface area contributed by atoms with Crippen molar-refractivity contribution >= 4 is 17.0 Å². The van der Waals surface area contributed by atoms with Gasteiger partial charge >= 0.3 is 0 Å². The van der Waals surface area contributed by atoms with Crippen LogP contribution >= 0.6 is 0 Å². The fourth-order valence-electron chi connectivity index (χ4n) is 2.20. The van der Waals surface area contributed by atoms with E-state index in [4.69, 9.17) is 5.73 Å². The van der Waals surface area contributed by atoms with Gasteiger partial charge in [0.25, 0.3) is 0 Å². The number of aliphatic hydroxyl groups is 1. The molecule has 0 aromatic carbocycles. The Labute approximate surface area is 112 Å². The van der Waals surface area contributed by atoms with Gasteiger partial charge in [-0.05, 0) is 13.3 Å². The van der Waals surface area contributed by atoms with Crippen molar-refractivity contribution in [2.45, 2.75) is 51.7 Å². The molecule has 0 aliphatic carbocycles. The number of fused-ring (bicyclic) bond motifs is 1. The second-order valence-corrected chi connectivity index (χ2v) is 4.89. The second kappa shape index (κ2) is 5.97. The number of aromatic nitrogens is 4. The molecule has 0 amide bonds. The molecule has 0 saturated heterocycles. The van der Waals surface area contributed by atoms with Crippen LogP contribution in [-0.4, -0.2) is 30.7 Å². The van der Waals surface area contributed by atoms with Gasteiger partial charge in [0, 0.05) is 0 Å².